The van der Waals surface area contributed by atoms with Crippen molar-refractivity contribution in [1.82, 2.24) is 14.9 Å². The van der Waals surface area contributed by atoms with Gasteiger partial charge in [-0.25, -0.2) is 9.97 Å². The molecule has 20 heavy (non-hydrogen) atoms. The third-order valence-corrected chi connectivity index (χ3v) is 3.50. The number of rotatable bonds is 5. The van der Waals surface area contributed by atoms with Crippen molar-refractivity contribution in [2.24, 2.45) is 5.92 Å². The molecule has 1 saturated heterocycles. The van der Waals surface area contributed by atoms with Crippen LogP contribution in [-0.4, -0.2) is 54.1 Å². The van der Waals surface area contributed by atoms with Gasteiger partial charge >= 0.3 is 0 Å². The molecule has 1 fully saturated rings. The SMILES string of the molecule is CCNc1cc(N2CCN(CC(C)C)CC2)nc(C)n1. The summed E-state index contributed by atoms with van der Waals surface area (Å²) in [6.07, 6.45) is 0. The van der Waals surface area contributed by atoms with E-state index in [0.29, 0.717) is 0 Å². The van der Waals surface area contributed by atoms with Crippen LogP contribution < -0.4 is 10.2 Å². The molecule has 1 N–H and O–H groups in total. The van der Waals surface area contributed by atoms with Crippen molar-refractivity contribution < 1.29 is 0 Å². The van der Waals surface area contributed by atoms with E-state index in [1.165, 1.54) is 6.54 Å². The smallest absolute Gasteiger partial charge is 0.134 e. The molecule has 1 aliphatic heterocycles. The van der Waals surface area contributed by atoms with E-state index in [9.17, 15) is 0 Å². The molecule has 0 spiro atoms. The van der Waals surface area contributed by atoms with Gasteiger partial charge in [0, 0.05) is 45.3 Å². The Balaban J connectivity index is 1.99. The van der Waals surface area contributed by atoms with Gasteiger partial charge in [-0.1, -0.05) is 13.8 Å². The first-order valence-corrected chi connectivity index (χ1v) is 7.65. The molecule has 2 heterocycles. The zero-order valence-corrected chi connectivity index (χ0v) is 13.2. The molecule has 0 amide bonds. The van der Waals surface area contributed by atoms with Crippen LogP contribution in [-0.2, 0) is 0 Å². The summed E-state index contributed by atoms with van der Waals surface area (Å²) in [5.41, 5.74) is 0. The Morgan fingerprint density at radius 3 is 2.50 bits per heavy atom. The first kappa shape index (κ1) is 15.0. The third kappa shape index (κ3) is 4.07. The van der Waals surface area contributed by atoms with Crippen LogP contribution in [0.5, 0.6) is 0 Å². The molecule has 5 heteroatoms. The molecule has 0 radical (unpaired) electrons. The minimum absolute atomic E-state index is 0.739. The number of piperazine rings is 1. The summed E-state index contributed by atoms with van der Waals surface area (Å²) in [6, 6.07) is 2.06. The van der Waals surface area contributed by atoms with Crippen LogP contribution in [0.3, 0.4) is 0 Å². The Hall–Kier alpha value is -1.36. The molecule has 0 atom stereocenters. The van der Waals surface area contributed by atoms with Gasteiger partial charge in [-0.2, -0.15) is 0 Å². The standard InChI is InChI=1S/C15H27N5/c1-5-16-14-10-15(18-13(4)17-14)20-8-6-19(7-9-20)11-12(2)3/h10,12H,5-9,11H2,1-4H3,(H,16,17,18). The van der Waals surface area contributed by atoms with E-state index < -0.39 is 0 Å². The average molecular weight is 277 g/mol. The summed E-state index contributed by atoms with van der Waals surface area (Å²) in [4.78, 5) is 13.9. The lowest BCUT2D eigenvalue weighted by atomic mass is 10.2. The highest BCUT2D eigenvalue weighted by Gasteiger charge is 2.19. The molecule has 5 nitrogen and oxygen atoms in total. The largest absolute Gasteiger partial charge is 0.370 e. The fourth-order valence-electron chi connectivity index (χ4n) is 2.66. The second-order valence-corrected chi connectivity index (χ2v) is 5.87. The summed E-state index contributed by atoms with van der Waals surface area (Å²) in [6.45, 7) is 15.0. The molecule has 0 bridgehead atoms. The molecule has 0 unspecified atom stereocenters. The molecule has 1 aromatic rings. The topological polar surface area (TPSA) is 44.3 Å². The van der Waals surface area contributed by atoms with E-state index in [1.54, 1.807) is 0 Å². The van der Waals surface area contributed by atoms with Crippen LogP contribution in [0.1, 0.15) is 26.6 Å². The molecule has 1 aliphatic rings. The highest BCUT2D eigenvalue weighted by molar-refractivity contribution is 5.49. The predicted octanol–water partition coefficient (Wildman–Crippen LogP) is 1.99. The van der Waals surface area contributed by atoms with E-state index in [2.05, 4.69) is 51.9 Å². The number of hydrogen-bond acceptors (Lipinski definition) is 5. The Kier molecular flexibility index (Phi) is 5.17. The molecule has 0 saturated carbocycles. The monoisotopic (exact) mass is 277 g/mol. The lowest BCUT2D eigenvalue weighted by Crippen LogP contribution is -2.47. The van der Waals surface area contributed by atoms with Gasteiger partial charge in [0.05, 0.1) is 0 Å². The van der Waals surface area contributed by atoms with Crippen LogP contribution in [0.25, 0.3) is 0 Å². The summed E-state index contributed by atoms with van der Waals surface area (Å²) < 4.78 is 0. The fraction of sp³-hybridized carbons (Fsp3) is 0.733. The minimum Gasteiger partial charge on any atom is -0.370 e. The maximum absolute atomic E-state index is 4.58. The van der Waals surface area contributed by atoms with Gasteiger partial charge in [0.1, 0.15) is 17.5 Å². The van der Waals surface area contributed by atoms with Crippen LogP contribution >= 0.6 is 0 Å². The van der Waals surface area contributed by atoms with Crippen molar-refractivity contribution >= 4 is 11.6 Å². The average Bonchev–Trinajstić information content (AvgIpc) is 2.38. The quantitative estimate of drug-likeness (QED) is 0.892. The highest BCUT2D eigenvalue weighted by Crippen LogP contribution is 2.18. The van der Waals surface area contributed by atoms with Crippen LogP contribution in [0.2, 0.25) is 0 Å². The lowest BCUT2D eigenvalue weighted by Gasteiger charge is -2.36. The Morgan fingerprint density at radius 2 is 1.90 bits per heavy atom. The third-order valence-electron chi connectivity index (χ3n) is 3.50. The van der Waals surface area contributed by atoms with Gasteiger partial charge in [0.25, 0.3) is 0 Å². The zero-order chi connectivity index (χ0) is 14.5. The van der Waals surface area contributed by atoms with Gasteiger partial charge < -0.3 is 10.2 Å². The van der Waals surface area contributed by atoms with Crippen molar-refractivity contribution in [2.45, 2.75) is 27.7 Å². The van der Waals surface area contributed by atoms with Gasteiger partial charge in [-0.15, -0.1) is 0 Å². The summed E-state index contributed by atoms with van der Waals surface area (Å²) in [7, 11) is 0. The molecule has 0 aromatic carbocycles. The van der Waals surface area contributed by atoms with Crippen LogP contribution in [0, 0.1) is 12.8 Å². The Bertz CT molecular complexity index is 424. The fourth-order valence-corrected chi connectivity index (χ4v) is 2.66. The zero-order valence-electron chi connectivity index (χ0n) is 13.2. The van der Waals surface area contributed by atoms with Crippen LogP contribution in [0.15, 0.2) is 6.07 Å². The summed E-state index contributed by atoms with van der Waals surface area (Å²) in [5, 5.41) is 3.27. The van der Waals surface area contributed by atoms with Crippen LogP contribution in [0.4, 0.5) is 11.6 Å². The van der Waals surface area contributed by atoms with Crippen molar-refractivity contribution in [3.63, 3.8) is 0 Å². The van der Waals surface area contributed by atoms with Crippen molar-refractivity contribution in [2.75, 3.05) is 49.5 Å². The second-order valence-electron chi connectivity index (χ2n) is 5.87. The summed E-state index contributed by atoms with van der Waals surface area (Å²) >= 11 is 0. The van der Waals surface area contributed by atoms with E-state index >= 15 is 0 Å². The first-order chi connectivity index (χ1) is 9.58. The molecule has 2 rings (SSSR count). The second kappa shape index (κ2) is 6.88. The van der Waals surface area contributed by atoms with E-state index in [-0.39, 0.29) is 0 Å². The highest BCUT2D eigenvalue weighted by atomic mass is 15.3. The lowest BCUT2D eigenvalue weighted by molar-refractivity contribution is 0.231. The van der Waals surface area contributed by atoms with Crippen molar-refractivity contribution in [3.8, 4) is 0 Å². The van der Waals surface area contributed by atoms with Gasteiger partial charge in [-0.3, -0.25) is 4.90 Å². The van der Waals surface area contributed by atoms with Crippen molar-refractivity contribution in [3.05, 3.63) is 11.9 Å². The molecule has 0 aliphatic carbocycles. The van der Waals surface area contributed by atoms with Gasteiger partial charge in [-0.05, 0) is 19.8 Å². The Labute approximate surface area is 122 Å². The van der Waals surface area contributed by atoms with E-state index in [0.717, 1.165) is 56.1 Å². The Morgan fingerprint density at radius 1 is 1.20 bits per heavy atom. The molecular weight excluding hydrogens is 250 g/mol. The number of aromatic nitrogens is 2. The molecule has 112 valence electrons. The number of hydrogen-bond donors (Lipinski definition) is 1. The number of aryl methyl sites for hydroxylation is 1. The van der Waals surface area contributed by atoms with E-state index in [1.807, 2.05) is 6.92 Å². The maximum atomic E-state index is 4.58. The molecule has 1 aromatic heterocycles. The minimum atomic E-state index is 0.739. The van der Waals surface area contributed by atoms with Gasteiger partial charge in [0.15, 0.2) is 0 Å². The number of anilines is 2. The van der Waals surface area contributed by atoms with Crippen molar-refractivity contribution in [1.29, 1.82) is 0 Å². The first-order valence-electron chi connectivity index (χ1n) is 7.65. The predicted molar refractivity (Wildman–Crippen MR) is 84.4 cm³/mol. The molecular formula is C15H27N5. The summed E-state index contributed by atoms with van der Waals surface area (Å²) in [5.74, 6) is 3.56. The van der Waals surface area contributed by atoms with E-state index in [4.69, 9.17) is 0 Å². The number of nitrogens with zero attached hydrogens (tertiary/aromatic N) is 4. The maximum Gasteiger partial charge on any atom is 0.134 e. The number of nitrogens with one attached hydrogen (secondary N) is 1. The van der Waals surface area contributed by atoms with Gasteiger partial charge in [0.2, 0.25) is 0 Å². The normalized spacial score (nSPS) is 16.8.